The summed E-state index contributed by atoms with van der Waals surface area (Å²) in [6, 6.07) is -1.13. The Bertz CT molecular complexity index is 1300. The Kier molecular flexibility index (Phi) is 15.2. The first-order valence-electron chi connectivity index (χ1n) is 14.7. The maximum atomic E-state index is 13.3. The second kappa shape index (κ2) is 18.3. The van der Waals surface area contributed by atoms with Crippen LogP contribution in [0.2, 0.25) is 0 Å². The predicted octanol–water partition coefficient (Wildman–Crippen LogP) is -0.671. The van der Waals surface area contributed by atoms with E-state index in [0.29, 0.717) is 0 Å². The van der Waals surface area contributed by atoms with E-state index in [-0.39, 0.29) is 5.75 Å². The minimum absolute atomic E-state index is 0.0292. The lowest BCUT2D eigenvalue weighted by atomic mass is 10.0. The molecule has 0 N–H and O–H groups in total. The summed E-state index contributed by atoms with van der Waals surface area (Å²) in [7, 11) is 0. The van der Waals surface area contributed by atoms with E-state index in [1.165, 1.54) is 4.90 Å². The second-order valence-corrected chi connectivity index (χ2v) is 11.9. The summed E-state index contributed by atoms with van der Waals surface area (Å²) in [6.07, 6.45) is -11.6. The summed E-state index contributed by atoms with van der Waals surface area (Å²) in [5, 5.41) is -1.22. The summed E-state index contributed by atoms with van der Waals surface area (Å²) in [4.78, 5) is 112. The van der Waals surface area contributed by atoms with E-state index in [1.54, 1.807) is 0 Å². The molecule has 0 amide bonds. The molecule has 2 aliphatic heterocycles. The number of hydrogen-bond acceptors (Lipinski definition) is 20. The SMILES string of the molecule is CC(=O)OC[C@H](OC(C)=O)[C@H](OC(C)=O)[C@@H](OC(C)=O)[C@H]1SC[C@H]2C(=O)O[C@H]([C@@H](OC(C)=O)[C@@H](OC(C)=O)[C@H](COC(C)=O)OC(C)=O)N12. The summed E-state index contributed by atoms with van der Waals surface area (Å²) in [6.45, 7) is 6.88. The Morgan fingerprint density at radius 3 is 1.39 bits per heavy atom. The highest BCUT2D eigenvalue weighted by Gasteiger charge is 2.61. The van der Waals surface area contributed by atoms with E-state index in [4.69, 9.17) is 42.6 Å². The Labute approximate surface area is 284 Å². The van der Waals surface area contributed by atoms with Gasteiger partial charge in [0.2, 0.25) is 0 Å². The fraction of sp³-hybridized carbons (Fsp3) is 0.690. The molecular formula is C29H39NO18S. The van der Waals surface area contributed by atoms with Gasteiger partial charge in [0.15, 0.2) is 42.9 Å². The van der Waals surface area contributed by atoms with Gasteiger partial charge in [-0.3, -0.25) is 43.2 Å². The van der Waals surface area contributed by atoms with Crippen molar-refractivity contribution in [1.29, 1.82) is 0 Å². The first-order chi connectivity index (χ1) is 22.8. The van der Waals surface area contributed by atoms with Gasteiger partial charge in [-0.05, 0) is 0 Å². The molecule has 0 saturated carbocycles. The summed E-state index contributed by atoms with van der Waals surface area (Å²) < 4.78 is 48.3. The molecule has 0 unspecified atom stereocenters. The van der Waals surface area contributed by atoms with Crippen molar-refractivity contribution in [2.75, 3.05) is 19.0 Å². The predicted molar refractivity (Wildman–Crippen MR) is 158 cm³/mol. The van der Waals surface area contributed by atoms with Gasteiger partial charge in [-0.1, -0.05) is 0 Å². The lowest BCUT2D eigenvalue weighted by Crippen LogP contribution is -2.60. The maximum Gasteiger partial charge on any atom is 0.326 e. The molecule has 2 rings (SSSR count). The molecule has 9 atom stereocenters. The van der Waals surface area contributed by atoms with E-state index in [0.717, 1.165) is 67.2 Å². The molecule has 2 fully saturated rings. The Morgan fingerprint density at radius 1 is 0.612 bits per heavy atom. The number of fused-ring (bicyclic) bond motifs is 1. The van der Waals surface area contributed by atoms with Crippen LogP contribution in [0, 0.1) is 0 Å². The zero-order chi connectivity index (χ0) is 37.2. The quantitative estimate of drug-likeness (QED) is 0.142. The van der Waals surface area contributed by atoms with Crippen molar-refractivity contribution < 1.29 is 85.8 Å². The summed E-state index contributed by atoms with van der Waals surface area (Å²) >= 11 is 1.01. The van der Waals surface area contributed by atoms with Gasteiger partial charge < -0.3 is 42.6 Å². The van der Waals surface area contributed by atoms with Crippen molar-refractivity contribution >= 4 is 65.5 Å². The average molecular weight is 722 g/mol. The molecule has 49 heavy (non-hydrogen) atoms. The largest absolute Gasteiger partial charge is 0.462 e. The van der Waals surface area contributed by atoms with E-state index in [9.17, 15) is 43.2 Å². The number of hydrogen-bond donors (Lipinski definition) is 0. The normalized spacial score (nSPS) is 22.0. The van der Waals surface area contributed by atoms with Crippen molar-refractivity contribution in [2.45, 2.75) is 110 Å². The molecule has 274 valence electrons. The van der Waals surface area contributed by atoms with E-state index >= 15 is 0 Å². The number of nitrogens with zero attached hydrogens (tertiary/aromatic N) is 1. The van der Waals surface area contributed by atoms with Gasteiger partial charge in [-0.15, -0.1) is 11.8 Å². The highest BCUT2D eigenvalue weighted by atomic mass is 32.2. The first kappa shape index (κ1) is 40.7. The van der Waals surface area contributed by atoms with Crippen molar-refractivity contribution in [1.82, 2.24) is 4.90 Å². The number of esters is 9. The van der Waals surface area contributed by atoms with Crippen molar-refractivity contribution in [2.24, 2.45) is 0 Å². The van der Waals surface area contributed by atoms with Gasteiger partial charge in [-0.2, -0.15) is 0 Å². The smallest absolute Gasteiger partial charge is 0.326 e. The van der Waals surface area contributed by atoms with Crippen LogP contribution in [0.5, 0.6) is 0 Å². The molecule has 19 nitrogen and oxygen atoms in total. The summed E-state index contributed by atoms with van der Waals surface area (Å²) in [5.74, 6) is -8.02. The molecule has 0 aromatic heterocycles. The van der Waals surface area contributed by atoms with Gasteiger partial charge >= 0.3 is 53.7 Å². The zero-order valence-corrected chi connectivity index (χ0v) is 28.8. The number of ether oxygens (including phenoxy) is 9. The Balaban J connectivity index is 2.76. The maximum absolute atomic E-state index is 13.3. The average Bonchev–Trinajstić information content (AvgIpc) is 3.53. The summed E-state index contributed by atoms with van der Waals surface area (Å²) in [5.41, 5.74) is 0. The van der Waals surface area contributed by atoms with Crippen LogP contribution in [0.3, 0.4) is 0 Å². The van der Waals surface area contributed by atoms with Crippen LogP contribution >= 0.6 is 11.8 Å². The third kappa shape index (κ3) is 12.2. The zero-order valence-electron chi connectivity index (χ0n) is 28.0. The van der Waals surface area contributed by atoms with E-state index in [2.05, 4.69) is 0 Å². The van der Waals surface area contributed by atoms with Crippen molar-refractivity contribution in [3.8, 4) is 0 Å². The molecule has 2 saturated heterocycles. The molecule has 2 heterocycles. The van der Waals surface area contributed by atoms with Crippen LogP contribution in [-0.2, 0) is 85.8 Å². The monoisotopic (exact) mass is 721 g/mol. The molecule has 0 aliphatic carbocycles. The molecule has 0 aromatic rings. The fourth-order valence-electron chi connectivity index (χ4n) is 5.08. The minimum atomic E-state index is -1.79. The van der Waals surface area contributed by atoms with E-state index in [1.807, 2.05) is 0 Å². The van der Waals surface area contributed by atoms with Gasteiger partial charge in [0.25, 0.3) is 0 Å². The van der Waals surface area contributed by atoms with Crippen LogP contribution in [0.1, 0.15) is 55.4 Å². The lowest BCUT2D eigenvalue weighted by Gasteiger charge is -2.40. The number of carbonyl (C=O) groups excluding carboxylic acids is 9. The van der Waals surface area contributed by atoms with Crippen LogP contribution in [0.15, 0.2) is 0 Å². The fourth-order valence-corrected chi connectivity index (χ4v) is 6.61. The molecular weight excluding hydrogens is 682 g/mol. The third-order valence-electron chi connectivity index (χ3n) is 6.57. The lowest BCUT2D eigenvalue weighted by molar-refractivity contribution is -0.212. The molecule has 20 heteroatoms. The van der Waals surface area contributed by atoms with Crippen LogP contribution in [-0.4, -0.2) is 132 Å². The van der Waals surface area contributed by atoms with Crippen molar-refractivity contribution in [3.05, 3.63) is 0 Å². The van der Waals surface area contributed by atoms with Gasteiger partial charge in [0.05, 0.1) is 0 Å². The highest BCUT2D eigenvalue weighted by molar-refractivity contribution is 8.00. The molecule has 2 aliphatic rings. The molecule has 0 bridgehead atoms. The van der Waals surface area contributed by atoms with Crippen LogP contribution < -0.4 is 0 Å². The van der Waals surface area contributed by atoms with E-state index < -0.39 is 121 Å². The number of thioether (sulfide) groups is 1. The van der Waals surface area contributed by atoms with Gasteiger partial charge in [-0.25, -0.2) is 4.90 Å². The van der Waals surface area contributed by atoms with Gasteiger partial charge in [0.1, 0.15) is 24.6 Å². The van der Waals surface area contributed by atoms with Crippen LogP contribution in [0.25, 0.3) is 0 Å². The molecule has 0 spiro atoms. The molecule has 0 aromatic carbocycles. The molecule has 0 radical (unpaired) electrons. The number of rotatable bonds is 16. The van der Waals surface area contributed by atoms with Crippen LogP contribution in [0.4, 0.5) is 0 Å². The van der Waals surface area contributed by atoms with Crippen molar-refractivity contribution in [3.63, 3.8) is 0 Å². The Morgan fingerprint density at radius 2 is 1.00 bits per heavy atom. The third-order valence-corrected chi connectivity index (χ3v) is 7.93. The highest BCUT2D eigenvalue weighted by Crippen LogP contribution is 2.43. The Hall–Kier alpha value is -4.46. The number of cyclic esters (lactones) is 1. The second-order valence-electron chi connectivity index (χ2n) is 10.7. The minimum Gasteiger partial charge on any atom is -0.462 e. The standard InChI is InChI=1S/C29H39NO18S/c1-12(31)40-9-21(42-14(3)33)23(44-16(5)35)25(46-18(7)37)27-30-20(29(39)48-27)11-49-28(30)26(47-19(8)38)24(45-17(6)36)22(43-15(4)34)10-41-13(2)32/h20-28H,9-11H2,1-8H3/t20-,21-,22-,23-,24-,25-,26+,27+,28+/m0/s1. The van der Waals surface area contributed by atoms with Gasteiger partial charge in [0, 0.05) is 61.1 Å². The topological polar surface area (TPSA) is 240 Å². The number of carbonyl (C=O) groups is 9. The first-order valence-corrected chi connectivity index (χ1v) is 15.8.